The number of aliphatic carboxylic acids is 1. The van der Waals surface area contributed by atoms with Gasteiger partial charge in [-0.2, -0.15) is 0 Å². The molecule has 1 aromatic rings. The van der Waals surface area contributed by atoms with Gasteiger partial charge in [-0.25, -0.2) is 4.68 Å². The molecule has 0 unspecified atom stereocenters. The normalized spacial score (nSPS) is 10.4. The molecule has 37 nitrogen and oxygen atoms in total. The van der Waals surface area contributed by atoms with Gasteiger partial charge in [0.25, 0.3) is 0 Å². The van der Waals surface area contributed by atoms with Gasteiger partial charge in [-0.15, -0.1) is 17.4 Å². The van der Waals surface area contributed by atoms with Crippen molar-refractivity contribution in [2.24, 2.45) is 26.8 Å². The van der Waals surface area contributed by atoms with Crippen molar-refractivity contribution >= 4 is 47.4 Å². The molecule has 1 fully saturated rings. The van der Waals surface area contributed by atoms with E-state index in [2.05, 4.69) is 83.4 Å². The minimum atomic E-state index is -0.901. The van der Waals surface area contributed by atoms with Gasteiger partial charge in [-0.05, 0) is 55.7 Å². The molecule has 1 aromatic heterocycles. The smallest absolute Gasteiger partial charge is 0.313 e. The van der Waals surface area contributed by atoms with Crippen molar-refractivity contribution in [3.05, 3.63) is 43.2 Å². The minimum absolute atomic E-state index is 0. The van der Waals surface area contributed by atoms with Crippen LogP contribution in [0.1, 0.15) is 110 Å². The van der Waals surface area contributed by atoms with Crippen LogP contribution in [-0.4, -0.2) is 240 Å². The molecule has 2 heterocycles. The van der Waals surface area contributed by atoms with E-state index in [1.165, 1.54) is 7.05 Å². The summed E-state index contributed by atoms with van der Waals surface area (Å²) < 4.78 is 47.6. The van der Waals surface area contributed by atoms with Gasteiger partial charge in [0.05, 0.1) is 118 Å². The summed E-state index contributed by atoms with van der Waals surface area (Å²) in [5.74, 6) is 0.304. The maximum atomic E-state index is 11.5. The number of rotatable bonds is 48. The number of carbonyl (C=O) groups is 8. The Bertz CT molecular complexity index is 2180. The van der Waals surface area contributed by atoms with E-state index in [1.807, 2.05) is 20.0 Å². The molecule has 0 aliphatic carbocycles. The lowest BCUT2D eigenvalue weighted by Gasteiger charge is -2.07. The van der Waals surface area contributed by atoms with E-state index in [0.717, 1.165) is 18.5 Å². The number of terminal acetylenes is 1. The fourth-order valence-corrected chi connectivity index (χ4v) is 5.72. The number of nitrogens with one attached hydrogen (secondary N) is 5. The molecule has 93 heavy (non-hydrogen) atoms. The highest BCUT2D eigenvalue weighted by Crippen LogP contribution is 2.06. The molecular formula is C56H107N19O18. The monoisotopic (exact) mass is 1330 g/mol. The van der Waals surface area contributed by atoms with Crippen molar-refractivity contribution in [3.8, 4) is 12.3 Å². The summed E-state index contributed by atoms with van der Waals surface area (Å²) in [5, 5.41) is 39.4. The zero-order valence-electron chi connectivity index (χ0n) is 54.4. The topological polar surface area (TPSA) is 529 Å². The van der Waals surface area contributed by atoms with Crippen LogP contribution in [-0.2, 0) is 94.0 Å². The van der Waals surface area contributed by atoms with E-state index in [9.17, 15) is 38.4 Å². The van der Waals surface area contributed by atoms with Crippen LogP contribution in [0.15, 0.2) is 21.5 Å². The SMILES string of the molecule is C.C#CCC.CCc1cn(CCOCCOCCNC(=O)CCCC(=O)NC)nn1.CN.CNC(=O)CCCC(=O)NCCOCCOCCN=[N+]=[N-].O=C1CCCC(=O)O1.[N-]=[N+]=NCCOCCOCCN.[N-]=[N+]=NCCOCCOCCNC(=O)CCCC(=O)O. The summed E-state index contributed by atoms with van der Waals surface area (Å²) in [4.78, 5) is 94.5. The molecule has 0 atom stereocenters. The molecule has 1 aliphatic rings. The fourth-order valence-electron chi connectivity index (χ4n) is 5.72. The second-order valence-corrected chi connectivity index (χ2v) is 17.5. The van der Waals surface area contributed by atoms with Crippen molar-refractivity contribution in [3.63, 3.8) is 0 Å². The van der Waals surface area contributed by atoms with Crippen LogP contribution < -0.4 is 38.1 Å². The van der Waals surface area contributed by atoms with Gasteiger partial charge in [0.1, 0.15) is 0 Å². The summed E-state index contributed by atoms with van der Waals surface area (Å²) in [5.41, 5.74) is 34.6. The number of hydrogen-bond donors (Lipinski definition) is 8. The first-order valence-corrected chi connectivity index (χ1v) is 30.1. The van der Waals surface area contributed by atoms with Gasteiger partial charge in [0, 0.05) is 139 Å². The largest absolute Gasteiger partial charge is 0.481 e. The predicted octanol–water partition coefficient (Wildman–Crippen LogP) is 2.74. The molecule has 534 valence electrons. The summed E-state index contributed by atoms with van der Waals surface area (Å²) in [6.45, 7) is 14.5. The number of cyclic esters (lactones) is 2. The molecule has 5 amide bonds. The lowest BCUT2D eigenvalue weighted by Crippen LogP contribution is -2.28. The van der Waals surface area contributed by atoms with Crippen molar-refractivity contribution < 1.29 is 86.1 Å². The number of carboxylic acid groups (broad SMARTS) is 1. The third-order valence-corrected chi connectivity index (χ3v) is 10.2. The Balaban J connectivity index is -0.000000257. The minimum Gasteiger partial charge on any atom is -0.481 e. The quantitative estimate of drug-likeness (QED) is 0.00884. The van der Waals surface area contributed by atoms with E-state index >= 15 is 0 Å². The van der Waals surface area contributed by atoms with Crippen molar-refractivity contribution in [1.82, 2.24) is 41.6 Å². The van der Waals surface area contributed by atoms with Crippen LogP contribution in [0, 0.1) is 12.3 Å². The maximum Gasteiger partial charge on any atom is 0.313 e. The first kappa shape index (κ1) is 96.3. The average molecular weight is 1330 g/mol. The van der Waals surface area contributed by atoms with Crippen LogP contribution in [0.25, 0.3) is 31.3 Å². The summed E-state index contributed by atoms with van der Waals surface area (Å²) in [6.07, 6.45) is 12.9. The van der Waals surface area contributed by atoms with Crippen LogP contribution in [0.2, 0.25) is 0 Å². The number of nitrogens with zero attached hydrogens (tertiary/aromatic N) is 12. The van der Waals surface area contributed by atoms with E-state index in [4.69, 9.17) is 71.8 Å². The van der Waals surface area contributed by atoms with E-state index in [1.54, 1.807) is 18.8 Å². The van der Waals surface area contributed by atoms with Crippen LogP contribution in [0.4, 0.5) is 0 Å². The van der Waals surface area contributed by atoms with Gasteiger partial charge in [0.2, 0.25) is 29.5 Å². The van der Waals surface area contributed by atoms with Gasteiger partial charge in [-0.1, -0.05) is 41.8 Å². The Labute approximate surface area is 546 Å². The number of carbonyl (C=O) groups excluding carboxylic acids is 7. The Morgan fingerprint density at radius 1 is 0.591 bits per heavy atom. The van der Waals surface area contributed by atoms with Crippen LogP contribution >= 0.6 is 0 Å². The van der Waals surface area contributed by atoms with Gasteiger partial charge < -0.3 is 85.8 Å². The molecule has 0 radical (unpaired) electrons. The molecule has 1 saturated heterocycles. The molecule has 0 aromatic carbocycles. The predicted molar refractivity (Wildman–Crippen MR) is 344 cm³/mol. The zero-order valence-corrected chi connectivity index (χ0v) is 54.4. The Morgan fingerprint density at radius 2 is 0.925 bits per heavy atom. The number of ether oxygens (including phenoxy) is 9. The number of carboxylic acids is 1. The highest BCUT2D eigenvalue weighted by atomic mass is 16.6. The maximum absolute atomic E-state index is 11.5. The number of azide groups is 3. The molecule has 0 bridgehead atoms. The number of nitrogens with two attached hydrogens (primary N) is 2. The van der Waals surface area contributed by atoms with E-state index in [0.29, 0.717) is 222 Å². The molecule has 0 saturated carbocycles. The number of esters is 2. The first-order valence-electron chi connectivity index (χ1n) is 30.1. The zero-order chi connectivity index (χ0) is 69.6. The lowest BCUT2D eigenvalue weighted by molar-refractivity contribution is -0.163. The highest BCUT2D eigenvalue weighted by molar-refractivity contribution is 5.87. The Hall–Kier alpha value is -7.81. The highest BCUT2D eigenvalue weighted by Gasteiger charge is 2.16. The Morgan fingerprint density at radius 3 is 1.22 bits per heavy atom. The number of aromatic nitrogens is 3. The second-order valence-electron chi connectivity index (χ2n) is 17.5. The third-order valence-electron chi connectivity index (χ3n) is 10.2. The Kier molecular flexibility index (Phi) is 85.1. The fraction of sp³-hybridized carbons (Fsp3) is 0.786. The summed E-state index contributed by atoms with van der Waals surface area (Å²) >= 11 is 0. The van der Waals surface area contributed by atoms with Crippen molar-refractivity contribution in [2.75, 3.05) is 173 Å². The lowest BCUT2D eigenvalue weighted by atomic mass is 10.2. The van der Waals surface area contributed by atoms with Gasteiger partial charge in [0.15, 0.2) is 0 Å². The van der Waals surface area contributed by atoms with Crippen LogP contribution in [0.5, 0.6) is 0 Å². The molecule has 1 aliphatic heterocycles. The summed E-state index contributed by atoms with van der Waals surface area (Å²) in [6, 6.07) is 0. The molecule has 2 rings (SSSR count). The molecule has 0 spiro atoms. The van der Waals surface area contributed by atoms with Crippen molar-refractivity contribution in [2.45, 2.75) is 118 Å². The molecule has 37 heteroatoms. The van der Waals surface area contributed by atoms with E-state index < -0.39 is 5.97 Å². The second kappa shape index (κ2) is 82.2. The van der Waals surface area contributed by atoms with Gasteiger partial charge in [-0.3, -0.25) is 38.4 Å². The van der Waals surface area contributed by atoms with E-state index in [-0.39, 0.29) is 61.7 Å². The number of hydrogen-bond acceptors (Lipinski definition) is 24. The molecule has 10 N–H and O–H groups in total. The number of amides is 5. The van der Waals surface area contributed by atoms with Gasteiger partial charge >= 0.3 is 17.9 Å². The molecular weight excluding hydrogens is 1230 g/mol. The summed E-state index contributed by atoms with van der Waals surface area (Å²) in [7, 11) is 4.65. The standard InChI is InChI=1S/C16H29N5O4.C12H23N5O4.C11H20N4O5.C6H14N4O2.C5H6O3.C4H6.CH5N.CH4/c1-3-14-13-21(20-19-14)8-10-25-12-11-24-9-7-18-16(23)6-4-5-15(22)17-2;1-14-11(18)3-2-4-12(19)15-5-7-20-9-10-21-8-6-16-17-13;12-15-14-5-7-20-9-8-19-6-4-13-10(16)2-1-3-11(17)18;7-1-3-11-5-6-12-4-2-9-10-8;6-4-2-1-3-5(7)8-4;1-3-4-2;1-2;/h13H,3-12H2,1-2H3,(H,17,22)(H,18,23);2-10H2,1H3,(H,14,18)(H,15,19);1-9H2,(H,13,16)(H,17,18);1-7H2;1-3H2;1H,4H2,2H3;2H2,1H3;1H4. The van der Waals surface area contributed by atoms with Crippen molar-refractivity contribution in [1.29, 1.82) is 0 Å². The first-order chi connectivity index (χ1) is 44.6. The van der Waals surface area contributed by atoms with Crippen LogP contribution in [0.3, 0.4) is 0 Å². The average Bonchev–Trinajstić information content (AvgIpc) is 4.09. The number of aryl methyl sites for hydroxylation is 1. The third kappa shape index (κ3) is 86.3.